The number of hydrazine groups is 1. The molecule has 0 aliphatic rings. The van der Waals surface area contributed by atoms with Crippen LogP contribution in [0.1, 0.15) is 18.1 Å². The van der Waals surface area contributed by atoms with Crippen molar-refractivity contribution in [3.05, 3.63) is 70.8 Å². The lowest BCUT2D eigenvalue weighted by Crippen LogP contribution is -2.43. The van der Waals surface area contributed by atoms with Crippen molar-refractivity contribution >= 4 is 29.5 Å². The predicted octanol–water partition coefficient (Wildman–Crippen LogP) is 3.14. The summed E-state index contributed by atoms with van der Waals surface area (Å²) in [6, 6.07) is 14.7. The van der Waals surface area contributed by atoms with E-state index >= 15 is 0 Å². The zero-order valence-corrected chi connectivity index (χ0v) is 14.5. The van der Waals surface area contributed by atoms with Crippen LogP contribution in [-0.4, -0.2) is 18.4 Å². The van der Waals surface area contributed by atoms with Crippen molar-refractivity contribution in [2.75, 3.05) is 6.61 Å². The van der Waals surface area contributed by atoms with Crippen LogP contribution in [0.15, 0.2) is 54.6 Å². The highest BCUT2D eigenvalue weighted by molar-refractivity contribution is 6.32. The number of halogens is 1. The van der Waals surface area contributed by atoms with Gasteiger partial charge in [0.2, 0.25) is 0 Å². The van der Waals surface area contributed by atoms with Crippen LogP contribution in [0.4, 0.5) is 0 Å². The van der Waals surface area contributed by atoms with Crippen LogP contribution >= 0.6 is 11.6 Å². The summed E-state index contributed by atoms with van der Waals surface area (Å²) in [7, 11) is 0. The summed E-state index contributed by atoms with van der Waals surface area (Å²) in [6.07, 6.45) is 3.98. The van der Waals surface area contributed by atoms with Crippen LogP contribution < -0.4 is 15.6 Å². The zero-order valence-electron chi connectivity index (χ0n) is 13.8. The van der Waals surface area contributed by atoms with Crippen LogP contribution in [0, 0.1) is 0 Å². The fourth-order valence-corrected chi connectivity index (χ4v) is 2.14. The van der Waals surface area contributed by atoms with Crippen LogP contribution in [0.25, 0.3) is 6.08 Å². The molecule has 0 heterocycles. The smallest absolute Gasteiger partial charge is 0.276 e. The molecule has 0 saturated carbocycles. The third-order valence-corrected chi connectivity index (χ3v) is 3.65. The average molecular weight is 359 g/mol. The normalized spacial score (nSPS) is 10.5. The molecule has 2 aromatic rings. The minimum absolute atomic E-state index is 0.258. The largest absolute Gasteiger partial charge is 0.482 e. The van der Waals surface area contributed by atoms with E-state index in [1.807, 2.05) is 24.3 Å². The lowest BCUT2D eigenvalue weighted by atomic mass is 10.1. The number of benzene rings is 2. The standard InChI is InChI=1S/C19H19ClN2O3/c1-2-14-7-9-15(10-8-14)11-12-18(23)21-22-19(24)13-25-17-6-4-3-5-16(17)20/h3-12H,2,13H2,1H3,(H,21,23)(H,22,24)/b12-11+. The first-order valence-electron chi connectivity index (χ1n) is 7.81. The van der Waals surface area contributed by atoms with Crippen LogP contribution in [0.5, 0.6) is 5.75 Å². The molecule has 2 aromatic carbocycles. The Bertz CT molecular complexity index is 758. The van der Waals surface area contributed by atoms with E-state index in [-0.39, 0.29) is 6.61 Å². The van der Waals surface area contributed by atoms with Gasteiger partial charge in [-0.25, -0.2) is 0 Å². The van der Waals surface area contributed by atoms with Crippen molar-refractivity contribution in [1.82, 2.24) is 10.9 Å². The molecule has 0 spiro atoms. The van der Waals surface area contributed by atoms with E-state index < -0.39 is 11.8 Å². The SMILES string of the molecule is CCc1ccc(/C=C/C(=O)NNC(=O)COc2ccccc2Cl)cc1. The van der Waals surface area contributed by atoms with Gasteiger partial charge in [-0.05, 0) is 35.8 Å². The van der Waals surface area contributed by atoms with E-state index in [9.17, 15) is 9.59 Å². The molecule has 6 heteroatoms. The maximum atomic E-state index is 11.7. The lowest BCUT2D eigenvalue weighted by molar-refractivity contribution is -0.128. The van der Waals surface area contributed by atoms with Gasteiger partial charge in [0, 0.05) is 6.08 Å². The molecule has 25 heavy (non-hydrogen) atoms. The van der Waals surface area contributed by atoms with Gasteiger partial charge in [-0.15, -0.1) is 0 Å². The van der Waals surface area contributed by atoms with E-state index in [0.717, 1.165) is 12.0 Å². The Morgan fingerprint density at radius 3 is 2.48 bits per heavy atom. The van der Waals surface area contributed by atoms with Crippen molar-refractivity contribution in [2.45, 2.75) is 13.3 Å². The number of para-hydroxylation sites is 1. The molecule has 0 saturated heterocycles. The van der Waals surface area contributed by atoms with Crippen LogP contribution in [0.3, 0.4) is 0 Å². The number of nitrogens with one attached hydrogen (secondary N) is 2. The highest BCUT2D eigenvalue weighted by Gasteiger charge is 2.05. The Balaban J connectivity index is 1.74. The van der Waals surface area contributed by atoms with Gasteiger partial charge >= 0.3 is 0 Å². The average Bonchev–Trinajstić information content (AvgIpc) is 2.64. The number of hydrogen-bond acceptors (Lipinski definition) is 3. The first-order valence-corrected chi connectivity index (χ1v) is 8.19. The number of rotatable bonds is 6. The lowest BCUT2D eigenvalue weighted by Gasteiger charge is -2.08. The van der Waals surface area contributed by atoms with Gasteiger partial charge in [0.05, 0.1) is 5.02 Å². The van der Waals surface area contributed by atoms with Crippen molar-refractivity contribution in [1.29, 1.82) is 0 Å². The number of amides is 2. The summed E-state index contributed by atoms with van der Waals surface area (Å²) >= 11 is 5.92. The zero-order chi connectivity index (χ0) is 18.1. The monoisotopic (exact) mass is 358 g/mol. The molecular weight excluding hydrogens is 340 g/mol. The maximum Gasteiger partial charge on any atom is 0.276 e. The van der Waals surface area contributed by atoms with Crippen molar-refractivity contribution in [2.24, 2.45) is 0 Å². The summed E-state index contributed by atoms with van der Waals surface area (Å²) in [4.78, 5) is 23.4. The Labute approximate surface area is 151 Å². The molecular formula is C19H19ClN2O3. The molecule has 0 aliphatic heterocycles. The van der Waals surface area contributed by atoms with Gasteiger partial charge < -0.3 is 4.74 Å². The number of ether oxygens (including phenoxy) is 1. The maximum absolute atomic E-state index is 11.7. The van der Waals surface area contributed by atoms with Crippen molar-refractivity contribution in [3.8, 4) is 5.75 Å². The number of carbonyl (C=O) groups excluding carboxylic acids is 2. The Morgan fingerprint density at radius 1 is 1.08 bits per heavy atom. The van der Waals surface area contributed by atoms with E-state index in [1.165, 1.54) is 11.6 Å². The summed E-state index contributed by atoms with van der Waals surface area (Å²) in [5.41, 5.74) is 6.69. The second-order valence-electron chi connectivity index (χ2n) is 5.18. The van der Waals surface area contributed by atoms with Crippen LogP contribution in [-0.2, 0) is 16.0 Å². The fourth-order valence-electron chi connectivity index (χ4n) is 1.95. The first-order chi connectivity index (χ1) is 12.1. The van der Waals surface area contributed by atoms with Gasteiger partial charge in [0.1, 0.15) is 5.75 Å². The Kier molecular flexibility index (Phi) is 7.04. The molecule has 0 bridgehead atoms. The third kappa shape index (κ3) is 6.31. The van der Waals surface area contributed by atoms with E-state index in [0.29, 0.717) is 10.8 Å². The predicted molar refractivity (Wildman–Crippen MR) is 98.1 cm³/mol. The minimum Gasteiger partial charge on any atom is -0.482 e. The number of hydrogen-bond donors (Lipinski definition) is 2. The molecule has 0 unspecified atom stereocenters. The van der Waals surface area contributed by atoms with Crippen LogP contribution in [0.2, 0.25) is 5.02 Å². The molecule has 2 amide bonds. The second-order valence-corrected chi connectivity index (χ2v) is 5.59. The summed E-state index contributed by atoms with van der Waals surface area (Å²) in [6.45, 7) is 1.82. The number of aryl methyl sites for hydroxylation is 1. The fraction of sp³-hybridized carbons (Fsp3) is 0.158. The molecule has 0 radical (unpaired) electrons. The van der Waals surface area contributed by atoms with E-state index in [2.05, 4.69) is 17.8 Å². The molecule has 2 N–H and O–H groups in total. The topological polar surface area (TPSA) is 67.4 Å². The van der Waals surface area contributed by atoms with Gasteiger partial charge in [-0.2, -0.15) is 0 Å². The summed E-state index contributed by atoms with van der Waals surface area (Å²) < 4.78 is 5.27. The molecule has 0 fully saturated rings. The first kappa shape index (κ1) is 18.5. The highest BCUT2D eigenvalue weighted by atomic mass is 35.5. The van der Waals surface area contributed by atoms with Gasteiger partial charge in [0.25, 0.3) is 11.8 Å². The molecule has 5 nitrogen and oxygen atoms in total. The number of carbonyl (C=O) groups is 2. The molecule has 0 aliphatic carbocycles. The second kappa shape index (κ2) is 9.49. The third-order valence-electron chi connectivity index (χ3n) is 3.34. The Hall–Kier alpha value is -2.79. The van der Waals surface area contributed by atoms with E-state index in [4.69, 9.17) is 16.3 Å². The van der Waals surface area contributed by atoms with Gasteiger partial charge in [-0.3, -0.25) is 20.4 Å². The molecule has 0 atom stereocenters. The van der Waals surface area contributed by atoms with Gasteiger partial charge in [0.15, 0.2) is 6.61 Å². The van der Waals surface area contributed by atoms with Crippen molar-refractivity contribution in [3.63, 3.8) is 0 Å². The summed E-state index contributed by atoms with van der Waals surface area (Å²) in [5.74, 6) is -0.527. The molecule has 130 valence electrons. The summed E-state index contributed by atoms with van der Waals surface area (Å²) in [5, 5.41) is 0.413. The molecule has 2 rings (SSSR count). The van der Waals surface area contributed by atoms with Gasteiger partial charge in [-0.1, -0.05) is 54.9 Å². The minimum atomic E-state index is -0.492. The molecule has 0 aromatic heterocycles. The Morgan fingerprint density at radius 2 is 1.80 bits per heavy atom. The van der Waals surface area contributed by atoms with E-state index in [1.54, 1.807) is 30.3 Å². The highest BCUT2D eigenvalue weighted by Crippen LogP contribution is 2.22. The van der Waals surface area contributed by atoms with Crippen molar-refractivity contribution < 1.29 is 14.3 Å². The quantitative estimate of drug-likeness (QED) is 0.615.